The average Bonchev–Trinajstić information content (AvgIpc) is 3.34. The number of nitriles is 1. The Morgan fingerprint density at radius 2 is 1.94 bits per heavy atom. The van der Waals surface area contributed by atoms with Crippen LogP contribution in [0.2, 0.25) is 0 Å². The van der Waals surface area contributed by atoms with E-state index in [-0.39, 0.29) is 12.3 Å². The van der Waals surface area contributed by atoms with Gasteiger partial charge in [-0.25, -0.2) is 9.97 Å². The number of furan rings is 1. The van der Waals surface area contributed by atoms with Gasteiger partial charge in [-0.05, 0) is 49.4 Å². The topological polar surface area (TPSA) is 102 Å². The Hall–Kier alpha value is -3.90. The molecular weight excluding hydrogens is 454 g/mol. The quantitative estimate of drug-likeness (QED) is 0.564. The van der Waals surface area contributed by atoms with E-state index in [1.165, 1.54) is 5.69 Å². The summed E-state index contributed by atoms with van der Waals surface area (Å²) in [4.78, 5) is 27.9. The maximum absolute atomic E-state index is 12.1. The lowest BCUT2D eigenvalue weighted by molar-refractivity contribution is -0.131. The number of nitrogens with zero attached hydrogens (tertiary/aromatic N) is 6. The number of amides is 1. The van der Waals surface area contributed by atoms with Crippen molar-refractivity contribution in [1.82, 2.24) is 19.8 Å². The molecule has 9 nitrogen and oxygen atoms in total. The molecule has 0 atom stereocenters. The summed E-state index contributed by atoms with van der Waals surface area (Å²) in [6, 6.07) is 12.3. The standard InChI is InChI=1S/C27H31N7O2/c1-3-32-12-14-33(15-13-32)22-6-4-21(5-7-22)30-27-29-17-19(2)26(31-27)24-16-20-18-34(25(35)8-10-28)11-9-23(20)36-24/h4-7,16-17H,3,8-9,11-15,18H2,1-2H3,(H,29,30,31). The number of piperazine rings is 1. The summed E-state index contributed by atoms with van der Waals surface area (Å²) in [5, 5.41) is 12.1. The molecule has 0 aliphatic carbocycles. The highest BCUT2D eigenvalue weighted by Gasteiger charge is 2.25. The van der Waals surface area contributed by atoms with Crippen LogP contribution >= 0.6 is 0 Å². The van der Waals surface area contributed by atoms with E-state index in [0.717, 1.165) is 61.0 Å². The van der Waals surface area contributed by atoms with Crippen LogP contribution < -0.4 is 10.2 Å². The second-order valence-electron chi connectivity index (χ2n) is 9.28. The molecule has 1 amide bonds. The smallest absolute Gasteiger partial charge is 0.237 e. The molecule has 9 heteroatoms. The SMILES string of the molecule is CCN1CCN(c2ccc(Nc3ncc(C)c(-c4cc5c(o4)CCN(C(=O)CC#N)C5)n3)cc2)CC1. The van der Waals surface area contributed by atoms with Gasteiger partial charge in [-0.3, -0.25) is 4.79 Å². The number of hydrogen-bond donors (Lipinski definition) is 1. The molecule has 1 saturated heterocycles. The zero-order valence-corrected chi connectivity index (χ0v) is 20.8. The van der Waals surface area contributed by atoms with E-state index in [1.807, 2.05) is 19.1 Å². The van der Waals surface area contributed by atoms with Crippen molar-refractivity contribution in [2.45, 2.75) is 33.2 Å². The summed E-state index contributed by atoms with van der Waals surface area (Å²) < 4.78 is 6.13. The minimum Gasteiger partial charge on any atom is -0.459 e. The zero-order valence-electron chi connectivity index (χ0n) is 20.8. The lowest BCUT2D eigenvalue weighted by atomic mass is 10.1. The van der Waals surface area contributed by atoms with Crippen molar-refractivity contribution in [3.8, 4) is 17.5 Å². The van der Waals surface area contributed by atoms with Crippen molar-refractivity contribution in [3.63, 3.8) is 0 Å². The summed E-state index contributed by atoms with van der Waals surface area (Å²) in [6.07, 6.45) is 2.31. The van der Waals surface area contributed by atoms with Gasteiger partial charge in [0, 0.05) is 68.8 Å². The molecular formula is C27H31N7O2. The Labute approximate surface area is 211 Å². The van der Waals surface area contributed by atoms with Gasteiger partial charge in [-0.2, -0.15) is 5.26 Å². The van der Waals surface area contributed by atoms with Crippen molar-refractivity contribution in [2.75, 3.05) is 49.5 Å². The first-order valence-electron chi connectivity index (χ1n) is 12.5. The van der Waals surface area contributed by atoms with Crippen LogP contribution in [0.5, 0.6) is 0 Å². The molecule has 0 radical (unpaired) electrons. The lowest BCUT2D eigenvalue weighted by Gasteiger charge is -2.35. The molecule has 1 aromatic carbocycles. The number of carbonyl (C=O) groups excluding carboxylic acids is 1. The number of aromatic nitrogens is 2. The summed E-state index contributed by atoms with van der Waals surface area (Å²) in [7, 11) is 0. The molecule has 0 spiro atoms. The van der Waals surface area contributed by atoms with Crippen LogP contribution in [-0.4, -0.2) is 64.9 Å². The predicted molar refractivity (Wildman–Crippen MR) is 138 cm³/mol. The maximum atomic E-state index is 12.1. The number of carbonyl (C=O) groups is 1. The normalized spacial score (nSPS) is 15.9. The van der Waals surface area contributed by atoms with Crippen LogP contribution in [0.3, 0.4) is 0 Å². The molecule has 5 rings (SSSR count). The minimum atomic E-state index is -0.148. The Bertz CT molecular complexity index is 1270. The number of benzene rings is 1. The molecule has 1 fully saturated rings. The molecule has 36 heavy (non-hydrogen) atoms. The number of aryl methyl sites for hydroxylation is 1. The molecule has 2 aliphatic rings. The summed E-state index contributed by atoms with van der Waals surface area (Å²) in [6.45, 7) is 10.6. The van der Waals surface area contributed by atoms with E-state index in [1.54, 1.807) is 11.1 Å². The van der Waals surface area contributed by atoms with Crippen LogP contribution in [0, 0.1) is 18.3 Å². The van der Waals surface area contributed by atoms with Crippen LogP contribution in [0.4, 0.5) is 17.3 Å². The third-order valence-corrected chi connectivity index (χ3v) is 6.96. The number of fused-ring (bicyclic) bond motifs is 1. The van der Waals surface area contributed by atoms with Gasteiger partial charge in [-0.15, -0.1) is 0 Å². The first kappa shape index (κ1) is 23.8. The van der Waals surface area contributed by atoms with Crippen LogP contribution in [0.25, 0.3) is 11.5 Å². The van der Waals surface area contributed by atoms with Gasteiger partial charge < -0.3 is 24.4 Å². The number of likely N-dealkylation sites (N-methyl/N-ethyl adjacent to an activating group) is 1. The van der Waals surface area contributed by atoms with Crippen molar-refractivity contribution >= 4 is 23.2 Å². The molecule has 186 valence electrons. The molecule has 1 N–H and O–H groups in total. The highest BCUT2D eigenvalue weighted by atomic mass is 16.3. The molecule has 2 aliphatic heterocycles. The molecule has 2 aromatic heterocycles. The highest BCUT2D eigenvalue weighted by Crippen LogP contribution is 2.31. The van der Waals surface area contributed by atoms with E-state index < -0.39 is 0 Å². The molecule has 0 bridgehead atoms. The van der Waals surface area contributed by atoms with Crippen LogP contribution in [0.15, 0.2) is 40.9 Å². The van der Waals surface area contributed by atoms with Gasteiger partial charge in [0.15, 0.2) is 5.76 Å². The van der Waals surface area contributed by atoms with Crippen LogP contribution in [-0.2, 0) is 17.8 Å². The minimum absolute atomic E-state index is 0.101. The van der Waals surface area contributed by atoms with Gasteiger partial charge >= 0.3 is 0 Å². The van der Waals surface area contributed by atoms with Crippen molar-refractivity contribution in [2.24, 2.45) is 0 Å². The van der Waals surface area contributed by atoms with Gasteiger partial charge in [0.05, 0.1) is 6.07 Å². The van der Waals surface area contributed by atoms with E-state index in [2.05, 4.69) is 51.3 Å². The average molecular weight is 486 g/mol. The first-order valence-corrected chi connectivity index (χ1v) is 12.5. The van der Waals surface area contributed by atoms with E-state index in [4.69, 9.17) is 14.7 Å². The highest BCUT2D eigenvalue weighted by molar-refractivity contribution is 5.78. The number of anilines is 3. The van der Waals surface area contributed by atoms with E-state index in [9.17, 15) is 4.79 Å². The number of hydrogen-bond acceptors (Lipinski definition) is 8. The first-order chi connectivity index (χ1) is 17.5. The summed E-state index contributed by atoms with van der Waals surface area (Å²) >= 11 is 0. The lowest BCUT2D eigenvalue weighted by Crippen LogP contribution is -2.46. The number of rotatable bonds is 6. The molecule has 4 heterocycles. The van der Waals surface area contributed by atoms with Gasteiger partial charge in [0.1, 0.15) is 17.9 Å². The Balaban J connectivity index is 1.28. The Kier molecular flexibility index (Phi) is 6.87. The van der Waals surface area contributed by atoms with E-state index in [0.29, 0.717) is 31.2 Å². The fraction of sp³-hybridized carbons (Fsp3) is 0.407. The Morgan fingerprint density at radius 3 is 2.67 bits per heavy atom. The fourth-order valence-electron chi connectivity index (χ4n) is 4.80. The van der Waals surface area contributed by atoms with Crippen molar-refractivity contribution in [1.29, 1.82) is 5.26 Å². The largest absolute Gasteiger partial charge is 0.459 e. The van der Waals surface area contributed by atoms with Crippen molar-refractivity contribution in [3.05, 3.63) is 53.4 Å². The van der Waals surface area contributed by atoms with Crippen LogP contribution in [0.1, 0.15) is 30.2 Å². The van der Waals surface area contributed by atoms with Gasteiger partial charge in [0.25, 0.3) is 0 Å². The second kappa shape index (κ2) is 10.4. The zero-order chi connectivity index (χ0) is 25.1. The van der Waals surface area contributed by atoms with Gasteiger partial charge in [-0.1, -0.05) is 6.92 Å². The van der Waals surface area contributed by atoms with Gasteiger partial charge in [0.2, 0.25) is 11.9 Å². The predicted octanol–water partition coefficient (Wildman–Crippen LogP) is 3.73. The molecule has 0 unspecified atom stereocenters. The molecule has 0 saturated carbocycles. The number of nitrogens with one attached hydrogen (secondary N) is 1. The maximum Gasteiger partial charge on any atom is 0.237 e. The summed E-state index contributed by atoms with van der Waals surface area (Å²) in [5.74, 6) is 1.89. The third kappa shape index (κ3) is 5.04. The Morgan fingerprint density at radius 1 is 1.17 bits per heavy atom. The molecule has 3 aromatic rings. The fourth-order valence-corrected chi connectivity index (χ4v) is 4.80. The monoisotopic (exact) mass is 485 g/mol. The second-order valence-corrected chi connectivity index (χ2v) is 9.28. The van der Waals surface area contributed by atoms with E-state index >= 15 is 0 Å². The third-order valence-electron chi connectivity index (χ3n) is 6.96. The van der Waals surface area contributed by atoms with Crippen molar-refractivity contribution < 1.29 is 9.21 Å². The summed E-state index contributed by atoms with van der Waals surface area (Å²) in [5.41, 5.74) is 4.75.